The normalized spacial score (nSPS) is 15.0. The Morgan fingerprint density at radius 2 is 2.08 bits per heavy atom. The SMILES string of the molecule is C[C@H](NC(=O)COc1cccc(N2CCCC2=O)c1)c1ccccc1Br. The Morgan fingerprint density at radius 3 is 2.81 bits per heavy atom. The molecule has 3 rings (SSSR count). The quantitative estimate of drug-likeness (QED) is 0.777. The standard InChI is InChI=1S/C20H21BrN2O3/c1-14(17-8-2-3-9-18(17)21)22-19(24)13-26-16-7-4-6-15(12-16)23-11-5-10-20(23)25/h2-4,6-9,12,14H,5,10-11,13H2,1H3,(H,22,24)/t14-/m0/s1. The Labute approximate surface area is 161 Å². The molecule has 0 spiro atoms. The fourth-order valence-electron chi connectivity index (χ4n) is 3.00. The van der Waals surface area contributed by atoms with E-state index in [4.69, 9.17) is 4.74 Å². The van der Waals surface area contributed by atoms with Gasteiger partial charge in [0.05, 0.1) is 6.04 Å². The fraction of sp³-hybridized carbons (Fsp3) is 0.300. The molecule has 2 aromatic rings. The molecular weight excluding hydrogens is 396 g/mol. The van der Waals surface area contributed by atoms with Gasteiger partial charge < -0.3 is 15.0 Å². The van der Waals surface area contributed by atoms with Crippen LogP contribution in [0.4, 0.5) is 5.69 Å². The van der Waals surface area contributed by atoms with E-state index in [1.807, 2.05) is 43.3 Å². The highest BCUT2D eigenvalue weighted by molar-refractivity contribution is 9.10. The number of carbonyl (C=O) groups is 2. The molecule has 1 aliphatic heterocycles. The summed E-state index contributed by atoms with van der Waals surface area (Å²) in [6, 6.07) is 14.9. The van der Waals surface area contributed by atoms with Gasteiger partial charge in [0.15, 0.2) is 6.61 Å². The predicted molar refractivity (Wildman–Crippen MR) is 104 cm³/mol. The number of benzene rings is 2. The highest BCUT2D eigenvalue weighted by Crippen LogP contribution is 2.25. The van der Waals surface area contributed by atoms with Gasteiger partial charge in [0, 0.05) is 29.2 Å². The van der Waals surface area contributed by atoms with Crippen LogP contribution < -0.4 is 15.0 Å². The summed E-state index contributed by atoms with van der Waals surface area (Å²) in [5.74, 6) is 0.504. The van der Waals surface area contributed by atoms with Crippen molar-refractivity contribution in [1.82, 2.24) is 5.32 Å². The molecule has 136 valence electrons. The van der Waals surface area contributed by atoms with Crippen LogP contribution in [0.3, 0.4) is 0 Å². The van der Waals surface area contributed by atoms with E-state index in [1.165, 1.54) is 0 Å². The van der Waals surface area contributed by atoms with Gasteiger partial charge in [-0.05, 0) is 37.1 Å². The highest BCUT2D eigenvalue weighted by Gasteiger charge is 2.22. The summed E-state index contributed by atoms with van der Waals surface area (Å²) in [6.07, 6.45) is 1.46. The first-order chi connectivity index (χ1) is 12.5. The Balaban J connectivity index is 1.56. The topological polar surface area (TPSA) is 58.6 Å². The number of rotatable bonds is 6. The molecule has 2 aromatic carbocycles. The first-order valence-corrected chi connectivity index (χ1v) is 9.41. The zero-order valence-electron chi connectivity index (χ0n) is 14.6. The molecule has 1 aliphatic rings. The number of hydrogen-bond donors (Lipinski definition) is 1. The zero-order valence-corrected chi connectivity index (χ0v) is 16.2. The van der Waals surface area contributed by atoms with Crippen molar-refractivity contribution in [2.75, 3.05) is 18.1 Å². The summed E-state index contributed by atoms with van der Waals surface area (Å²) in [5.41, 5.74) is 1.82. The number of amides is 2. The van der Waals surface area contributed by atoms with Crippen LogP contribution in [-0.4, -0.2) is 25.0 Å². The largest absolute Gasteiger partial charge is 0.484 e. The van der Waals surface area contributed by atoms with Gasteiger partial charge in [-0.15, -0.1) is 0 Å². The van der Waals surface area contributed by atoms with Crippen LogP contribution in [0.15, 0.2) is 53.0 Å². The second-order valence-corrected chi connectivity index (χ2v) is 7.10. The molecule has 0 unspecified atom stereocenters. The van der Waals surface area contributed by atoms with Crippen molar-refractivity contribution < 1.29 is 14.3 Å². The molecule has 0 bridgehead atoms. The van der Waals surface area contributed by atoms with Crippen molar-refractivity contribution in [2.45, 2.75) is 25.8 Å². The summed E-state index contributed by atoms with van der Waals surface area (Å²) in [5, 5.41) is 2.93. The monoisotopic (exact) mass is 416 g/mol. The lowest BCUT2D eigenvalue weighted by Crippen LogP contribution is -2.31. The Bertz CT molecular complexity index is 809. The van der Waals surface area contributed by atoms with E-state index >= 15 is 0 Å². The molecule has 1 fully saturated rings. The second kappa shape index (κ2) is 8.36. The first-order valence-electron chi connectivity index (χ1n) is 8.61. The Hall–Kier alpha value is -2.34. The summed E-state index contributed by atoms with van der Waals surface area (Å²) >= 11 is 3.49. The molecule has 1 N–H and O–H groups in total. The average Bonchev–Trinajstić information content (AvgIpc) is 3.06. The number of carbonyl (C=O) groups excluding carboxylic acids is 2. The third-order valence-electron chi connectivity index (χ3n) is 4.32. The number of nitrogens with zero attached hydrogens (tertiary/aromatic N) is 1. The maximum atomic E-state index is 12.2. The number of nitrogens with one attached hydrogen (secondary N) is 1. The van der Waals surface area contributed by atoms with Crippen molar-refractivity contribution in [3.63, 3.8) is 0 Å². The lowest BCUT2D eigenvalue weighted by Gasteiger charge is -2.18. The molecule has 26 heavy (non-hydrogen) atoms. The third kappa shape index (κ3) is 4.43. The maximum absolute atomic E-state index is 12.2. The summed E-state index contributed by atoms with van der Waals surface area (Å²) in [4.78, 5) is 25.8. The van der Waals surface area contributed by atoms with E-state index in [9.17, 15) is 9.59 Å². The van der Waals surface area contributed by atoms with Crippen LogP contribution in [0.1, 0.15) is 31.4 Å². The maximum Gasteiger partial charge on any atom is 0.258 e. The van der Waals surface area contributed by atoms with Gasteiger partial charge >= 0.3 is 0 Å². The van der Waals surface area contributed by atoms with Gasteiger partial charge in [0.2, 0.25) is 5.91 Å². The average molecular weight is 417 g/mol. The molecule has 6 heteroatoms. The third-order valence-corrected chi connectivity index (χ3v) is 5.04. The minimum Gasteiger partial charge on any atom is -0.484 e. The van der Waals surface area contributed by atoms with E-state index in [0.29, 0.717) is 12.2 Å². The van der Waals surface area contributed by atoms with Crippen LogP contribution in [0, 0.1) is 0 Å². The minimum absolute atomic E-state index is 0.0772. The zero-order chi connectivity index (χ0) is 18.5. The van der Waals surface area contributed by atoms with E-state index in [-0.39, 0.29) is 24.5 Å². The van der Waals surface area contributed by atoms with E-state index in [2.05, 4.69) is 21.2 Å². The molecule has 0 aliphatic carbocycles. The summed E-state index contributed by atoms with van der Waals surface area (Å²) < 4.78 is 6.56. The van der Waals surface area contributed by atoms with Crippen molar-refractivity contribution in [3.05, 3.63) is 58.6 Å². The number of halogens is 1. The molecule has 0 aromatic heterocycles. The van der Waals surface area contributed by atoms with Crippen LogP contribution in [0.25, 0.3) is 0 Å². The van der Waals surface area contributed by atoms with Crippen LogP contribution in [-0.2, 0) is 9.59 Å². The molecular formula is C20H21BrN2O3. The lowest BCUT2D eigenvalue weighted by atomic mass is 10.1. The lowest BCUT2D eigenvalue weighted by molar-refractivity contribution is -0.123. The molecule has 0 saturated carbocycles. The number of anilines is 1. The summed E-state index contributed by atoms with van der Waals surface area (Å²) in [6.45, 7) is 2.58. The van der Waals surface area contributed by atoms with Gasteiger partial charge in [-0.1, -0.05) is 40.2 Å². The van der Waals surface area contributed by atoms with Crippen molar-refractivity contribution in [3.8, 4) is 5.75 Å². The van der Waals surface area contributed by atoms with Gasteiger partial charge in [0.1, 0.15) is 5.75 Å². The Morgan fingerprint density at radius 1 is 1.27 bits per heavy atom. The van der Waals surface area contributed by atoms with Gasteiger partial charge in [-0.3, -0.25) is 9.59 Å². The highest BCUT2D eigenvalue weighted by atomic mass is 79.9. The van der Waals surface area contributed by atoms with E-state index in [0.717, 1.165) is 28.7 Å². The van der Waals surface area contributed by atoms with Crippen LogP contribution >= 0.6 is 15.9 Å². The Kier molecular flexibility index (Phi) is 5.93. The molecule has 5 nitrogen and oxygen atoms in total. The van der Waals surface area contributed by atoms with Crippen LogP contribution in [0.2, 0.25) is 0 Å². The van der Waals surface area contributed by atoms with Crippen molar-refractivity contribution in [2.24, 2.45) is 0 Å². The van der Waals surface area contributed by atoms with E-state index in [1.54, 1.807) is 17.0 Å². The molecule has 1 saturated heterocycles. The number of hydrogen-bond acceptors (Lipinski definition) is 3. The second-order valence-electron chi connectivity index (χ2n) is 6.25. The van der Waals surface area contributed by atoms with Crippen molar-refractivity contribution in [1.29, 1.82) is 0 Å². The molecule has 0 radical (unpaired) electrons. The molecule has 1 heterocycles. The van der Waals surface area contributed by atoms with Gasteiger partial charge in [0.25, 0.3) is 5.91 Å². The molecule has 2 amide bonds. The smallest absolute Gasteiger partial charge is 0.258 e. The summed E-state index contributed by atoms with van der Waals surface area (Å²) in [7, 11) is 0. The number of ether oxygens (including phenoxy) is 1. The fourth-order valence-corrected chi connectivity index (χ4v) is 3.63. The minimum atomic E-state index is -0.198. The van der Waals surface area contributed by atoms with E-state index < -0.39 is 0 Å². The van der Waals surface area contributed by atoms with Gasteiger partial charge in [-0.2, -0.15) is 0 Å². The van der Waals surface area contributed by atoms with Crippen LogP contribution in [0.5, 0.6) is 5.75 Å². The van der Waals surface area contributed by atoms with Gasteiger partial charge in [-0.25, -0.2) is 0 Å². The first kappa shape index (κ1) is 18.5. The predicted octanol–water partition coefficient (Wildman–Crippen LogP) is 3.83. The molecule has 1 atom stereocenters. The van der Waals surface area contributed by atoms with Crippen molar-refractivity contribution >= 4 is 33.4 Å².